The van der Waals surface area contributed by atoms with Gasteiger partial charge >= 0.3 is 17.9 Å². The lowest BCUT2D eigenvalue weighted by Gasteiger charge is -2.25. The van der Waals surface area contributed by atoms with E-state index in [0.29, 0.717) is 38.3 Å². The second-order valence-corrected chi connectivity index (χ2v) is 7.73. The second-order valence-electron chi connectivity index (χ2n) is 7.73. The number of nitrogens with zero attached hydrogens (tertiary/aromatic N) is 2. The smallest absolute Gasteiger partial charge is 0.397 e. The Bertz CT molecular complexity index is 1080. The predicted molar refractivity (Wildman–Crippen MR) is 117 cm³/mol. The fourth-order valence-electron chi connectivity index (χ4n) is 3.91. The Labute approximate surface area is 185 Å². The van der Waals surface area contributed by atoms with Crippen LogP contribution in [0.3, 0.4) is 0 Å². The minimum absolute atomic E-state index is 0.172. The summed E-state index contributed by atoms with van der Waals surface area (Å²) in [5.74, 6) is -1.74. The van der Waals surface area contributed by atoms with Crippen molar-refractivity contribution in [2.45, 2.75) is 26.4 Å². The average molecular weight is 437 g/mol. The minimum atomic E-state index is -0.823. The number of anilines is 1. The van der Waals surface area contributed by atoms with Crippen LogP contribution in [-0.4, -0.2) is 47.4 Å². The molecule has 7 nitrogen and oxygen atoms in total. The molecule has 3 amide bonds. The van der Waals surface area contributed by atoms with Crippen LogP contribution in [0.25, 0.3) is 5.57 Å². The Morgan fingerprint density at radius 1 is 1.03 bits per heavy atom. The zero-order chi connectivity index (χ0) is 22.7. The first-order valence-corrected chi connectivity index (χ1v) is 10.5. The number of rotatable bonds is 3. The van der Waals surface area contributed by atoms with E-state index in [1.165, 1.54) is 17.0 Å². The van der Waals surface area contributed by atoms with Crippen LogP contribution in [0.4, 0.5) is 14.9 Å². The monoisotopic (exact) mass is 437 g/mol. The van der Waals surface area contributed by atoms with Crippen molar-refractivity contribution in [3.8, 4) is 0 Å². The van der Waals surface area contributed by atoms with E-state index in [1.807, 2.05) is 30.3 Å². The van der Waals surface area contributed by atoms with Gasteiger partial charge in [0, 0.05) is 31.9 Å². The molecule has 2 heterocycles. The number of carbonyl (C=O) groups is 3. The molecule has 2 aliphatic rings. The summed E-state index contributed by atoms with van der Waals surface area (Å²) in [4.78, 5) is 39.3. The van der Waals surface area contributed by atoms with E-state index in [2.05, 4.69) is 5.32 Å². The number of benzene rings is 2. The van der Waals surface area contributed by atoms with Gasteiger partial charge in [-0.05, 0) is 59.9 Å². The normalized spacial score (nSPS) is 15.1. The van der Waals surface area contributed by atoms with E-state index in [4.69, 9.17) is 4.74 Å². The van der Waals surface area contributed by atoms with E-state index < -0.39 is 11.9 Å². The van der Waals surface area contributed by atoms with Crippen molar-refractivity contribution in [1.29, 1.82) is 0 Å². The van der Waals surface area contributed by atoms with Crippen LogP contribution in [0, 0.1) is 5.82 Å². The average Bonchev–Trinajstić information content (AvgIpc) is 3.23. The highest BCUT2D eigenvalue weighted by molar-refractivity contribution is 6.32. The molecule has 0 radical (unpaired) electrons. The highest BCUT2D eigenvalue weighted by atomic mass is 19.1. The molecule has 0 saturated heterocycles. The van der Waals surface area contributed by atoms with Gasteiger partial charge in [-0.2, -0.15) is 0 Å². The van der Waals surface area contributed by atoms with Crippen LogP contribution < -0.4 is 5.32 Å². The molecule has 2 aliphatic heterocycles. The van der Waals surface area contributed by atoms with Crippen LogP contribution in [0.15, 0.2) is 48.5 Å². The van der Waals surface area contributed by atoms with Gasteiger partial charge in [-0.1, -0.05) is 24.3 Å². The number of hydrogen-bond donors (Lipinski definition) is 1. The fourth-order valence-corrected chi connectivity index (χ4v) is 3.91. The third-order valence-corrected chi connectivity index (χ3v) is 5.63. The van der Waals surface area contributed by atoms with E-state index >= 15 is 0 Å². The Balaban J connectivity index is 1.33. The number of hydrogen-bond acceptors (Lipinski definition) is 4. The van der Waals surface area contributed by atoms with Crippen LogP contribution in [0.1, 0.15) is 30.0 Å². The number of esters is 1. The van der Waals surface area contributed by atoms with Gasteiger partial charge in [0.25, 0.3) is 0 Å². The fraction of sp³-hybridized carbons (Fsp3) is 0.292. The van der Waals surface area contributed by atoms with E-state index in [0.717, 1.165) is 22.3 Å². The maximum absolute atomic E-state index is 13.4. The molecular weight excluding hydrogens is 413 g/mol. The molecule has 0 saturated carbocycles. The molecular formula is C24H24FN3O4. The molecule has 2 aromatic rings. The number of carbonyl (C=O) groups excluding carboxylic acids is 3. The Kier molecular flexibility index (Phi) is 6.20. The highest BCUT2D eigenvalue weighted by Gasteiger charge is 2.25. The standard InChI is InChI=1S/C24H24FN3O4/c1-2-32-23(30)22(29)27-11-9-17(10-12-27)16-4-7-21(8-5-16)26-24(31)28-14-18-3-6-20(25)13-19(18)15-28/h3-9,13H,2,10-12,14-15H2,1H3,(H,26,31). The zero-order valence-corrected chi connectivity index (χ0v) is 17.8. The minimum Gasteiger partial charge on any atom is -0.459 e. The van der Waals surface area contributed by atoms with Gasteiger partial charge in [0.1, 0.15) is 5.82 Å². The predicted octanol–water partition coefficient (Wildman–Crippen LogP) is 3.55. The Morgan fingerprint density at radius 3 is 2.47 bits per heavy atom. The molecule has 0 fully saturated rings. The van der Waals surface area contributed by atoms with Crippen molar-refractivity contribution in [3.05, 3.63) is 71.0 Å². The van der Waals surface area contributed by atoms with Crippen LogP contribution >= 0.6 is 0 Å². The third kappa shape index (κ3) is 4.64. The molecule has 0 unspecified atom stereocenters. The summed E-state index contributed by atoms with van der Waals surface area (Å²) < 4.78 is 18.2. The van der Waals surface area contributed by atoms with Crippen LogP contribution in [-0.2, 0) is 27.4 Å². The molecule has 0 bridgehead atoms. The molecule has 166 valence electrons. The summed E-state index contributed by atoms with van der Waals surface area (Å²) >= 11 is 0. The van der Waals surface area contributed by atoms with Crippen molar-refractivity contribution in [2.24, 2.45) is 0 Å². The molecule has 0 spiro atoms. The van der Waals surface area contributed by atoms with Crippen molar-refractivity contribution in [1.82, 2.24) is 9.80 Å². The first kappa shape index (κ1) is 21.5. The van der Waals surface area contributed by atoms with Gasteiger partial charge in [0.15, 0.2) is 0 Å². The maximum atomic E-state index is 13.4. The molecule has 0 aromatic heterocycles. The van der Waals surface area contributed by atoms with Gasteiger partial charge in [0.05, 0.1) is 6.61 Å². The SMILES string of the molecule is CCOC(=O)C(=O)N1CC=C(c2ccc(NC(=O)N3Cc4ccc(F)cc4C3)cc2)CC1. The van der Waals surface area contributed by atoms with Crippen molar-refractivity contribution >= 4 is 29.2 Å². The van der Waals surface area contributed by atoms with Crippen LogP contribution in [0.5, 0.6) is 0 Å². The molecule has 2 aromatic carbocycles. The van der Waals surface area contributed by atoms with Gasteiger partial charge in [-0.3, -0.25) is 4.79 Å². The summed E-state index contributed by atoms with van der Waals surface area (Å²) in [5.41, 5.74) is 4.52. The summed E-state index contributed by atoms with van der Waals surface area (Å²) in [6.07, 6.45) is 2.55. The van der Waals surface area contributed by atoms with E-state index in [9.17, 15) is 18.8 Å². The molecule has 0 atom stereocenters. The van der Waals surface area contributed by atoms with Crippen molar-refractivity contribution < 1.29 is 23.5 Å². The summed E-state index contributed by atoms with van der Waals surface area (Å²) in [5, 5.41) is 2.88. The molecule has 4 rings (SSSR count). The molecule has 1 N–H and O–H groups in total. The summed E-state index contributed by atoms with van der Waals surface area (Å²) in [7, 11) is 0. The Hall–Kier alpha value is -3.68. The third-order valence-electron chi connectivity index (χ3n) is 5.63. The summed E-state index contributed by atoms with van der Waals surface area (Å²) in [6, 6.07) is 11.8. The van der Waals surface area contributed by atoms with Gasteiger partial charge in [-0.15, -0.1) is 0 Å². The van der Waals surface area contributed by atoms with E-state index in [-0.39, 0.29) is 18.5 Å². The van der Waals surface area contributed by atoms with Crippen molar-refractivity contribution in [2.75, 3.05) is 25.0 Å². The number of amides is 3. The lowest BCUT2D eigenvalue weighted by Crippen LogP contribution is -2.40. The van der Waals surface area contributed by atoms with Gasteiger partial charge < -0.3 is 19.9 Å². The van der Waals surface area contributed by atoms with Gasteiger partial charge in [0.2, 0.25) is 0 Å². The lowest BCUT2D eigenvalue weighted by molar-refractivity contribution is -0.159. The second kappa shape index (κ2) is 9.21. The Morgan fingerprint density at radius 2 is 1.78 bits per heavy atom. The largest absolute Gasteiger partial charge is 0.459 e. The van der Waals surface area contributed by atoms with Crippen LogP contribution in [0.2, 0.25) is 0 Å². The molecule has 8 heteroatoms. The summed E-state index contributed by atoms with van der Waals surface area (Å²) in [6.45, 7) is 3.46. The first-order chi connectivity index (χ1) is 15.4. The number of ether oxygens (including phenoxy) is 1. The first-order valence-electron chi connectivity index (χ1n) is 10.5. The number of fused-ring (bicyclic) bond motifs is 1. The molecule has 32 heavy (non-hydrogen) atoms. The van der Waals surface area contributed by atoms with E-state index in [1.54, 1.807) is 17.9 Å². The maximum Gasteiger partial charge on any atom is 0.397 e. The van der Waals surface area contributed by atoms with Gasteiger partial charge in [-0.25, -0.2) is 14.0 Å². The zero-order valence-electron chi connectivity index (χ0n) is 17.8. The number of nitrogens with one attached hydrogen (secondary N) is 1. The molecule has 0 aliphatic carbocycles. The quantitative estimate of drug-likeness (QED) is 0.588. The number of urea groups is 1. The van der Waals surface area contributed by atoms with Crippen molar-refractivity contribution in [3.63, 3.8) is 0 Å². The topological polar surface area (TPSA) is 79.0 Å². The lowest BCUT2D eigenvalue weighted by atomic mass is 9.99. The number of halogens is 1. The highest BCUT2D eigenvalue weighted by Crippen LogP contribution is 2.26.